The number of carbonyl (C=O) groups excluding carboxylic acids is 3. The van der Waals surface area contributed by atoms with Crippen LogP contribution in [-0.4, -0.2) is 56.7 Å². The number of amides is 3. The number of nitrogens with two attached hydrogens (primary N) is 1. The topological polar surface area (TPSA) is 167 Å². The molecule has 0 aliphatic carbocycles. The molecule has 0 fully saturated rings. The fraction of sp³-hybridized carbons (Fsp3) is 0.294. The zero-order chi connectivity index (χ0) is 34.4. The third kappa shape index (κ3) is 10.1. The summed E-state index contributed by atoms with van der Waals surface area (Å²) in [4.78, 5) is 44.3. The van der Waals surface area contributed by atoms with Crippen LogP contribution in [0.25, 0.3) is 10.4 Å². The summed E-state index contributed by atoms with van der Waals surface area (Å²) in [6.45, 7) is 5.72. The van der Waals surface area contributed by atoms with E-state index in [-0.39, 0.29) is 37.4 Å². The van der Waals surface area contributed by atoms with Crippen LogP contribution in [-0.2, 0) is 28.3 Å². The standard InChI is InChI=1S/C34H38FN5O6S/c1-33(2,44)20-37-29(41)18-40(32(43)46-19-21-9-6-5-7-10-21)17-23-11-8-12-28(38-23)39-31-25(30(36)42)16-27(47-31)24-14-13-22(15-26(24)35)34(3,4)45/h5-16,44-45H,17-20H2,1-4H3,(H2,36,42)(H,37,41)(H,38,39). The maximum Gasteiger partial charge on any atom is 0.410 e. The van der Waals surface area contributed by atoms with Crippen LogP contribution in [0.15, 0.2) is 72.8 Å². The van der Waals surface area contributed by atoms with Crippen LogP contribution >= 0.6 is 11.3 Å². The molecule has 0 saturated heterocycles. The molecule has 0 radical (unpaired) electrons. The molecule has 2 aromatic heterocycles. The molecular weight excluding hydrogens is 625 g/mol. The van der Waals surface area contributed by atoms with Crippen LogP contribution in [0.1, 0.15) is 54.9 Å². The molecular formula is C34H38FN5O6S. The number of ether oxygens (including phenoxy) is 1. The van der Waals surface area contributed by atoms with Crippen molar-refractivity contribution in [3.63, 3.8) is 0 Å². The molecule has 4 aromatic rings. The summed E-state index contributed by atoms with van der Waals surface area (Å²) in [5, 5.41) is 26.2. The first-order valence-corrected chi connectivity index (χ1v) is 15.5. The Labute approximate surface area is 276 Å². The fourth-order valence-electron chi connectivity index (χ4n) is 4.38. The van der Waals surface area contributed by atoms with E-state index in [4.69, 9.17) is 10.5 Å². The van der Waals surface area contributed by atoms with Crippen molar-refractivity contribution in [3.8, 4) is 10.4 Å². The van der Waals surface area contributed by atoms with E-state index in [0.29, 0.717) is 27.0 Å². The zero-order valence-corrected chi connectivity index (χ0v) is 27.4. The largest absolute Gasteiger partial charge is 0.445 e. The number of anilines is 2. The second kappa shape index (κ2) is 14.7. The van der Waals surface area contributed by atoms with Crippen LogP contribution in [0.4, 0.5) is 20.0 Å². The normalized spacial score (nSPS) is 11.6. The molecule has 6 N–H and O–H groups in total. The number of thiophene rings is 1. The number of halogens is 1. The maximum absolute atomic E-state index is 15.1. The van der Waals surface area contributed by atoms with Crippen molar-refractivity contribution in [1.82, 2.24) is 15.2 Å². The molecule has 0 bridgehead atoms. The van der Waals surface area contributed by atoms with Gasteiger partial charge < -0.3 is 31.3 Å². The number of hydrogen-bond acceptors (Lipinski definition) is 9. The molecule has 11 nitrogen and oxygen atoms in total. The molecule has 13 heteroatoms. The molecule has 2 aromatic carbocycles. The second-order valence-electron chi connectivity index (χ2n) is 12.1. The van der Waals surface area contributed by atoms with Gasteiger partial charge in [-0.05, 0) is 63.1 Å². The van der Waals surface area contributed by atoms with Crippen LogP contribution in [0, 0.1) is 5.82 Å². The quantitative estimate of drug-likeness (QED) is 0.133. The fourth-order valence-corrected chi connectivity index (χ4v) is 5.48. The predicted octanol–water partition coefficient (Wildman–Crippen LogP) is 5.05. The minimum atomic E-state index is -1.23. The monoisotopic (exact) mass is 663 g/mol. The van der Waals surface area contributed by atoms with Gasteiger partial charge in [0, 0.05) is 17.0 Å². The third-order valence-electron chi connectivity index (χ3n) is 6.86. The van der Waals surface area contributed by atoms with Crippen molar-refractivity contribution < 1.29 is 33.7 Å². The summed E-state index contributed by atoms with van der Waals surface area (Å²) in [5.74, 6) is -1.50. The van der Waals surface area contributed by atoms with Gasteiger partial charge >= 0.3 is 6.09 Å². The van der Waals surface area contributed by atoms with Crippen LogP contribution in [0.3, 0.4) is 0 Å². The number of benzene rings is 2. The summed E-state index contributed by atoms with van der Waals surface area (Å²) in [6.07, 6.45) is -0.746. The summed E-state index contributed by atoms with van der Waals surface area (Å²) >= 11 is 1.10. The Hall–Kier alpha value is -4.85. The van der Waals surface area contributed by atoms with E-state index in [1.54, 1.807) is 64.1 Å². The number of nitrogens with one attached hydrogen (secondary N) is 2. The van der Waals surface area contributed by atoms with Crippen molar-refractivity contribution in [1.29, 1.82) is 0 Å². The number of hydrogen-bond donors (Lipinski definition) is 5. The van der Waals surface area contributed by atoms with Crippen molar-refractivity contribution in [2.75, 3.05) is 18.4 Å². The highest BCUT2D eigenvalue weighted by atomic mass is 32.1. The Bertz CT molecular complexity index is 1730. The van der Waals surface area contributed by atoms with Gasteiger partial charge in [0.1, 0.15) is 29.8 Å². The summed E-state index contributed by atoms with van der Waals surface area (Å²) in [5.41, 5.74) is 5.19. The highest BCUT2D eigenvalue weighted by molar-refractivity contribution is 7.20. The highest BCUT2D eigenvalue weighted by Crippen LogP contribution is 2.38. The minimum absolute atomic E-state index is 0.00578. The molecule has 3 amide bonds. The van der Waals surface area contributed by atoms with Crippen molar-refractivity contribution in [3.05, 3.63) is 101 Å². The Morgan fingerprint density at radius 3 is 2.36 bits per heavy atom. The van der Waals surface area contributed by atoms with Crippen molar-refractivity contribution >= 4 is 40.1 Å². The number of rotatable bonds is 13. The molecule has 2 heterocycles. The van der Waals surface area contributed by atoms with E-state index >= 15 is 4.39 Å². The number of nitrogens with zero attached hydrogens (tertiary/aromatic N) is 2. The molecule has 0 saturated carbocycles. The van der Waals surface area contributed by atoms with Crippen LogP contribution in [0.5, 0.6) is 0 Å². The number of aliphatic hydroxyl groups is 2. The molecule has 0 atom stereocenters. The molecule has 0 aliphatic heterocycles. The molecule has 248 valence electrons. The predicted molar refractivity (Wildman–Crippen MR) is 177 cm³/mol. The molecule has 47 heavy (non-hydrogen) atoms. The summed E-state index contributed by atoms with van der Waals surface area (Å²) in [6, 6.07) is 19.9. The summed E-state index contributed by atoms with van der Waals surface area (Å²) < 4.78 is 20.6. The maximum atomic E-state index is 15.1. The Morgan fingerprint density at radius 2 is 1.72 bits per heavy atom. The van der Waals surface area contributed by atoms with Gasteiger partial charge in [-0.25, -0.2) is 14.2 Å². The SMILES string of the molecule is CC(C)(O)CNC(=O)CN(Cc1cccc(Nc2sc(-c3ccc(C(C)(C)O)cc3F)cc2C(N)=O)n1)C(=O)OCc1ccccc1. The molecule has 0 spiro atoms. The lowest BCUT2D eigenvalue weighted by Gasteiger charge is -2.23. The zero-order valence-electron chi connectivity index (χ0n) is 26.5. The lowest BCUT2D eigenvalue weighted by atomic mass is 9.96. The van der Waals surface area contributed by atoms with E-state index < -0.39 is 34.9 Å². The summed E-state index contributed by atoms with van der Waals surface area (Å²) in [7, 11) is 0. The lowest BCUT2D eigenvalue weighted by molar-refractivity contribution is -0.123. The van der Waals surface area contributed by atoms with Gasteiger partial charge in [-0.3, -0.25) is 14.5 Å². The van der Waals surface area contributed by atoms with Gasteiger partial charge in [0.05, 0.1) is 29.0 Å². The number of primary amides is 1. The van der Waals surface area contributed by atoms with E-state index in [2.05, 4.69) is 15.6 Å². The average molecular weight is 664 g/mol. The van der Waals surface area contributed by atoms with Gasteiger partial charge in [0.2, 0.25) is 5.91 Å². The van der Waals surface area contributed by atoms with E-state index in [1.807, 2.05) is 18.2 Å². The molecule has 0 aliphatic rings. The Kier molecular flexibility index (Phi) is 11.0. The van der Waals surface area contributed by atoms with Gasteiger partial charge in [0.15, 0.2) is 0 Å². The smallest absolute Gasteiger partial charge is 0.410 e. The second-order valence-corrected chi connectivity index (χ2v) is 13.1. The van der Waals surface area contributed by atoms with E-state index in [1.165, 1.54) is 23.1 Å². The number of aromatic nitrogens is 1. The van der Waals surface area contributed by atoms with Crippen molar-refractivity contribution in [2.45, 2.75) is 52.0 Å². The first-order valence-electron chi connectivity index (χ1n) is 14.7. The molecule has 0 unspecified atom stereocenters. The van der Waals surface area contributed by atoms with Gasteiger partial charge in [0.25, 0.3) is 5.91 Å². The first kappa shape index (κ1) is 35.0. The first-order chi connectivity index (χ1) is 22.1. The molecule has 4 rings (SSSR count). The van der Waals surface area contributed by atoms with Crippen LogP contribution in [0.2, 0.25) is 0 Å². The Balaban J connectivity index is 1.55. The lowest BCUT2D eigenvalue weighted by Crippen LogP contribution is -2.44. The van der Waals surface area contributed by atoms with Crippen LogP contribution < -0.4 is 16.4 Å². The highest BCUT2D eigenvalue weighted by Gasteiger charge is 2.23. The number of pyridine rings is 1. The third-order valence-corrected chi connectivity index (χ3v) is 7.94. The van der Waals surface area contributed by atoms with Gasteiger partial charge in [-0.15, -0.1) is 11.3 Å². The van der Waals surface area contributed by atoms with Gasteiger partial charge in [-0.1, -0.05) is 48.5 Å². The van der Waals surface area contributed by atoms with Crippen molar-refractivity contribution in [2.24, 2.45) is 5.73 Å². The van der Waals surface area contributed by atoms with E-state index in [9.17, 15) is 24.6 Å². The minimum Gasteiger partial charge on any atom is -0.445 e. The Morgan fingerprint density at radius 1 is 1.00 bits per heavy atom. The van der Waals surface area contributed by atoms with E-state index in [0.717, 1.165) is 16.9 Å². The average Bonchev–Trinajstić information content (AvgIpc) is 3.42. The number of carbonyl (C=O) groups is 3. The van der Waals surface area contributed by atoms with Gasteiger partial charge in [-0.2, -0.15) is 0 Å².